The molecule has 2 fully saturated rings. The minimum Gasteiger partial charge on any atom is -0.311 e. The van der Waals surface area contributed by atoms with Gasteiger partial charge in [0.1, 0.15) is 0 Å². The van der Waals surface area contributed by atoms with Crippen LogP contribution in [0.25, 0.3) is 5.57 Å². The highest BCUT2D eigenvalue weighted by Crippen LogP contribution is 2.44. The number of hydrogen-bond acceptors (Lipinski definition) is 4. The molecule has 4 heteroatoms. The molecule has 0 aromatic carbocycles. The van der Waals surface area contributed by atoms with Crippen LogP contribution >= 0.6 is 0 Å². The van der Waals surface area contributed by atoms with Crippen LogP contribution in [0.3, 0.4) is 0 Å². The van der Waals surface area contributed by atoms with E-state index < -0.39 is 0 Å². The smallest absolute Gasteiger partial charge is 0.0908 e. The molecule has 0 bridgehead atoms. The Bertz CT molecular complexity index is 812. The minimum atomic E-state index is 0.355. The van der Waals surface area contributed by atoms with Crippen LogP contribution in [-0.2, 0) is 0 Å². The zero-order chi connectivity index (χ0) is 19.4. The van der Waals surface area contributed by atoms with Gasteiger partial charge in [0.25, 0.3) is 0 Å². The highest BCUT2D eigenvalue weighted by molar-refractivity contribution is 6.09. The highest BCUT2D eigenvalue weighted by Gasteiger charge is 2.45. The maximum Gasteiger partial charge on any atom is 0.0908 e. The first-order valence-corrected chi connectivity index (χ1v) is 9.81. The molecule has 3 rings (SSSR count). The van der Waals surface area contributed by atoms with Crippen molar-refractivity contribution >= 4 is 17.0 Å². The highest BCUT2D eigenvalue weighted by atomic mass is 15.0. The molecule has 1 aliphatic heterocycles. The third-order valence-corrected chi connectivity index (χ3v) is 5.74. The van der Waals surface area contributed by atoms with Gasteiger partial charge in [0.15, 0.2) is 0 Å². The van der Waals surface area contributed by atoms with Crippen molar-refractivity contribution in [3.05, 3.63) is 60.0 Å². The molecule has 1 unspecified atom stereocenters. The number of allylic oxidation sites excluding steroid dienone is 5. The summed E-state index contributed by atoms with van der Waals surface area (Å²) in [5.41, 5.74) is 5.05. The van der Waals surface area contributed by atoms with Crippen LogP contribution in [0, 0.1) is 23.7 Å². The van der Waals surface area contributed by atoms with Gasteiger partial charge in [-0.3, -0.25) is 10.4 Å². The van der Waals surface area contributed by atoms with Crippen LogP contribution in [0.5, 0.6) is 0 Å². The van der Waals surface area contributed by atoms with E-state index in [9.17, 15) is 0 Å². The maximum absolute atomic E-state index is 8.33. The Hall–Kier alpha value is -2.33. The second-order valence-electron chi connectivity index (χ2n) is 7.88. The van der Waals surface area contributed by atoms with Gasteiger partial charge in [-0.1, -0.05) is 18.7 Å². The molecule has 1 aromatic heterocycles. The van der Waals surface area contributed by atoms with Crippen LogP contribution < -0.4 is 5.32 Å². The zero-order valence-corrected chi connectivity index (χ0v) is 16.4. The second-order valence-corrected chi connectivity index (χ2v) is 7.88. The Balaban J connectivity index is 1.60. The summed E-state index contributed by atoms with van der Waals surface area (Å²) in [6.45, 7) is 8.85. The van der Waals surface area contributed by atoms with Crippen molar-refractivity contribution in [3.8, 4) is 0 Å². The molecule has 27 heavy (non-hydrogen) atoms. The summed E-state index contributed by atoms with van der Waals surface area (Å²) < 4.78 is 0. The van der Waals surface area contributed by atoms with E-state index in [2.05, 4.69) is 16.9 Å². The Morgan fingerprint density at radius 3 is 2.78 bits per heavy atom. The van der Waals surface area contributed by atoms with E-state index in [1.807, 2.05) is 32.1 Å². The van der Waals surface area contributed by atoms with Crippen molar-refractivity contribution in [1.82, 2.24) is 10.3 Å². The molecule has 1 aliphatic carbocycles. The van der Waals surface area contributed by atoms with E-state index in [0.717, 1.165) is 36.1 Å². The molecular weight excluding hydrogens is 332 g/mol. The van der Waals surface area contributed by atoms with Gasteiger partial charge >= 0.3 is 0 Å². The van der Waals surface area contributed by atoms with E-state index in [0.29, 0.717) is 28.6 Å². The number of hydrogen-bond donors (Lipinski definition) is 3. The van der Waals surface area contributed by atoms with E-state index in [-0.39, 0.29) is 0 Å². The molecule has 142 valence electrons. The second kappa shape index (κ2) is 8.13. The molecular formula is C23H30N4. The Labute approximate surface area is 162 Å². The average molecular weight is 363 g/mol. The molecule has 2 heterocycles. The van der Waals surface area contributed by atoms with Gasteiger partial charge in [-0.15, -0.1) is 0 Å². The van der Waals surface area contributed by atoms with E-state index in [1.54, 1.807) is 18.3 Å². The molecule has 2 aliphatic rings. The fraction of sp³-hybridized carbons (Fsp3) is 0.435. The normalized spacial score (nSPS) is 21.4. The first-order valence-electron chi connectivity index (χ1n) is 9.81. The minimum absolute atomic E-state index is 0.355. The quantitative estimate of drug-likeness (QED) is 0.479. The average Bonchev–Trinajstić information content (AvgIpc) is 3.39. The molecule has 0 radical (unpaired) electrons. The fourth-order valence-corrected chi connectivity index (χ4v) is 4.03. The molecule has 0 amide bonds. The van der Waals surface area contributed by atoms with Crippen molar-refractivity contribution in [1.29, 1.82) is 10.8 Å². The first-order chi connectivity index (χ1) is 13.0. The van der Waals surface area contributed by atoms with Gasteiger partial charge in [-0.2, -0.15) is 0 Å². The van der Waals surface area contributed by atoms with Crippen molar-refractivity contribution in [2.75, 3.05) is 6.54 Å². The number of pyridine rings is 1. The number of aryl methyl sites for hydroxylation is 1. The summed E-state index contributed by atoms with van der Waals surface area (Å²) in [5.74, 6) is 0.595. The van der Waals surface area contributed by atoms with Crippen molar-refractivity contribution in [2.45, 2.75) is 51.5 Å². The third-order valence-electron chi connectivity index (χ3n) is 5.74. The lowest BCUT2D eigenvalue weighted by atomic mass is 9.86. The summed E-state index contributed by atoms with van der Waals surface area (Å²) in [7, 11) is 0. The summed E-state index contributed by atoms with van der Waals surface area (Å²) in [6.07, 6.45) is 14.8. The van der Waals surface area contributed by atoms with Gasteiger partial charge in [0.2, 0.25) is 0 Å². The lowest BCUT2D eigenvalue weighted by Gasteiger charge is -2.30. The molecule has 1 saturated heterocycles. The predicted octanol–water partition coefficient (Wildman–Crippen LogP) is 4.85. The predicted molar refractivity (Wildman–Crippen MR) is 114 cm³/mol. The SMILES string of the molecule is C=C/C(=C\C)c1cnc(C(=N)/C=C\C(=N)CC2CCNC3(CC3)C2)c(C)c1. The van der Waals surface area contributed by atoms with Gasteiger partial charge in [-0.05, 0) is 93.3 Å². The topological polar surface area (TPSA) is 72.6 Å². The summed E-state index contributed by atoms with van der Waals surface area (Å²) >= 11 is 0. The van der Waals surface area contributed by atoms with Crippen LogP contribution in [0.4, 0.5) is 0 Å². The fourth-order valence-electron chi connectivity index (χ4n) is 4.03. The Kier molecular flexibility index (Phi) is 5.85. The maximum atomic E-state index is 8.33. The van der Waals surface area contributed by atoms with E-state index in [1.165, 1.54) is 19.3 Å². The largest absolute Gasteiger partial charge is 0.311 e. The number of rotatable bonds is 7. The number of aromatic nitrogens is 1. The van der Waals surface area contributed by atoms with Gasteiger partial charge < -0.3 is 10.7 Å². The van der Waals surface area contributed by atoms with E-state index in [4.69, 9.17) is 10.8 Å². The van der Waals surface area contributed by atoms with Crippen molar-refractivity contribution in [3.63, 3.8) is 0 Å². The monoisotopic (exact) mass is 362 g/mol. The molecule has 4 nitrogen and oxygen atoms in total. The van der Waals surface area contributed by atoms with Crippen LogP contribution in [0.2, 0.25) is 0 Å². The van der Waals surface area contributed by atoms with E-state index >= 15 is 0 Å². The van der Waals surface area contributed by atoms with Crippen LogP contribution in [0.1, 0.15) is 55.8 Å². The Morgan fingerprint density at radius 1 is 1.37 bits per heavy atom. The Morgan fingerprint density at radius 2 is 2.15 bits per heavy atom. The van der Waals surface area contributed by atoms with Gasteiger partial charge in [0.05, 0.1) is 11.4 Å². The summed E-state index contributed by atoms with van der Waals surface area (Å²) in [6, 6.07) is 2.04. The molecule has 1 saturated carbocycles. The molecule has 3 N–H and O–H groups in total. The lowest BCUT2D eigenvalue weighted by molar-refractivity contribution is 0.293. The third kappa shape index (κ3) is 4.69. The molecule has 1 spiro atoms. The van der Waals surface area contributed by atoms with Crippen molar-refractivity contribution in [2.24, 2.45) is 5.92 Å². The summed E-state index contributed by atoms with van der Waals surface area (Å²) in [4.78, 5) is 4.47. The van der Waals surface area contributed by atoms with Gasteiger partial charge in [0, 0.05) is 17.4 Å². The number of nitrogens with one attached hydrogen (secondary N) is 3. The number of nitrogens with zero attached hydrogens (tertiary/aromatic N) is 1. The van der Waals surface area contributed by atoms with Gasteiger partial charge in [-0.25, -0.2) is 0 Å². The lowest BCUT2D eigenvalue weighted by Crippen LogP contribution is -2.40. The zero-order valence-electron chi connectivity index (χ0n) is 16.4. The number of piperidine rings is 1. The summed E-state index contributed by atoms with van der Waals surface area (Å²) in [5, 5.41) is 20.2. The van der Waals surface area contributed by atoms with Crippen molar-refractivity contribution < 1.29 is 0 Å². The van der Waals surface area contributed by atoms with Crippen LogP contribution in [-0.4, -0.2) is 28.5 Å². The molecule has 1 atom stereocenters. The molecule has 1 aromatic rings. The first kappa shape index (κ1) is 19.4. The standard InChI is InChI=1S/C23H30N4/c1-4-18(5-2)19-12-16(3)22(26-15-19)21(25)7-6-20(24)13-17-8-11-27-23(14-17)9-10-23/h4-7,12,15,17,24-25,27H,1,8-11,13-14H2,2-3H3/b7-6-,18-5+,24-20?,25-21?. The van der Waals surface area contributed by atoms with Crippen LogP contribution in [0.15, 0.2) is 43.1 Å².